The standard InChI is InChI=1S/C45H47N7O6S/c46-39-10-6-7-11-40(39)48-43(56)13-3-1-2-12-42(55)47-27-34-8-4-5-9-38(34)31-18-20-33(21-19-31)44-57-37(26-41(58-44)32-16-14-30(28-53)15-17-32)29-59-45-49-50-51-52(45)35-22-24-36(54)25-23-35/h4-11,14-25,37,41,44,53-54H,1-3,12-13,26-29,46H2,(H,47,55)(H,48,56)/t37-,41+,44+/m0/s1. The number of rotatable bonds is 17. The number of aromatic nitrogens is 4. The first-order chi connectivity index (χ1) is 28.8. The van der Waals surface area contributed by atoms with Crippen molar-refractivity contribution in [3.05, 3.63) is 144 Å². The monoisotopic (exact) mass is 813 g/mol. The lowest BCUT2D eigenvalue weighted by atomic mass is 9.97. The van der Waals surface area contributed by atoms with E-state index in [-0.39, 0.29) is 36.4 Å². The maximum atomic E-state index is 12.8. The van der Waals surface area contributed by atoms with Gasteiger partial charge < -0.3 is 36.1 Å². The van der Waals surface area contributed by atoms with E-state index in [1.165, 1.54) is 11.8 Å². The van der Waals surface area contributed by atoms with Gasteiger partial charge >= 0.3 is 0 Å². The number of nitrogens with zero attached hydrogens (tertiary/aromatic N) is 4. The van der Waals surface area contributed by atoms with Crippen LogP contribution in [-0.4, -0.2) is 54.1 Å². The van der Waals surface area contributed by atoms with Crippen molar-refractivity contribution in [1.29, 1.82) is 0 Å². The summed E-state index contributed by atoms with van der Waals surface area (Å²) in [6, 6.07) is 37.7. The second-order valence-electron chi connectivity index (χ2n) is 14.3. The largest absolute Gasteiger partial charge is 0.508 e. The molecule has 13 nitrogen and oxygen atoms in total. The number of aromatic hydroxyl groups is 1. The Labute approximate surface area is 347 Å². The molecule has 7 rings (SSSR count). The van der Waals surface area contributed by atoms with Crippen LogP contribution in [0.5, 0.6) is 5.75 Å². The highest BCUT2D eigenvalue weighted by Crippen LogP contribution is 2.40. The minimum atomic E-state index is -0.648. The van der Waals surface area contributed by atoms with E-state index in [1.807, 2.05) is 84.9 Å². The topological polar surface area (TPSA) is 187 Å². The zero-order valence-electron chi connectivity index (χ0n) is 32.4. The van der Waals surface area contributed by atoms with Crippen LogP contribution in [-0.2, 0) is 32.2 Å². The number of nitrogen functional groups attached to an aromatic ring is 1. The van der Waals surface area contributed by atoms with Gasteiger partial charge in [0, 0.05) is 37.1 Å². The number of ether oxygens (including phenoxy) is 2. The number of hydrogen-bond donors (Lipinski definition) is 5. The number of phenolic OH excluding ortho intramolecular Hbond substituents is 1. The van der Waals surface area contributed by atoms with E-state index < -0.39 is 6.29 Å². The zero-order chi connectivity index (χ0) is 41.0. The van der Waals surface area contributed by atoms with Crippen molar-refractivity contribution in [1.82, 2.24) is 25.5 Å². The number of unbranched alkanes of at least 4 members (excludes halogenated alkanes) is 2. The summed E-state index contributed by atoms with van der Waals surface area (Å²) in [5.41, 5.74) is 13.5. The molecule has 2 amide bonds. The second kappa shape index (κ2) is 20.1. The summed E-state index contributed by atoms with van der Waals surface area (Å²) in [5.74, 6) is 0.593. The van der Waals surface area contributed by atoms with Crippen LogP contribution in [0.1, 0.15) is 73.2 Å². The van der Waals surface area contributed by atoms with Crippen LogP contribution in [0.25, 0.3) is 16.8 Å². The highest BCUT2D eigenvalue weighted by Gasteiger charge is 2.33. The minimum Gasteiger partial charge on any atom is -0.508 e. The SMILES string of the molecule is Nc1ccccc1NC(=O)CCCCCC(=O)NCc1ccccc1-c1ccc([C@@H]2O[C@H](CSc3nnnn3-c3ccc(O)cc3)C[C@H](c3ccc(CO)cc3)O2)cc1. The zero-order valence-corrected chi connectivity index (χ0v) is 33.3. The van der Waals surface area contributed by atoms with Crippen LogP contribution >= 0.6 is 11.8 Å². The van der Waals surface area contributed by atoms with Gasteiger partial charge in [0.05, 0.1) is 35.9 Å². The molecule has 0 unspecified atom stereocenters. The Morgan fingerprint density at radius 2 is 1.53 bits per heavy atom. The number of phenols is 1. The lowest BCUT2D eigenvalue weighted by Crippen LogP contribution is -2.31. The van der Waals surface area contributed by atoms with E-state index in [2.05, 4.69) is 26.2 Å². The molecule has 6 aromatic rings. The fraction of sp³-hybridized carbons (Fsp3) is 0.267. The predicted molar refractivity (Wildman–Crippen MR) is 226 cm³/mol. The van der Waals surface area contributed by atoms with Gasteiger partial charge in [-0.3, -0.25) is 9.59 Å². The molecule has 1 aliphatic heterocycles. The smallest absolute Gasteiger partial charge is 0.224 e. The first kappa shape index (κ1) is 41.1. The van der Waals surface area contributed by atoms with Crippen molar-refractivity contribution < 1.29 is 29.3 Å². The molecule has 1 aromatic heterocycles. The number of benzene rings is 5. The Morgan fingerprint density at radius 3 is 2.29 bits per heavy atom. The molecule has 6 N–H and O–H groups in total. The Balaban J connectivity index is 0.953. The van der Waals surface area contributed by atoms with Crippen LogP contribution in [0.3, 0.4) is 0 Å². The van der Waals surface area contributed by atoms with Gasteiger partial charge in [0.15, 0.2) is 6.29 Å². The molecule has 0 saturated carbocycles. The van der Waals surface area contributed by atoms with Crippen molar-refractivity contribution in [3.8, 4) is 22.6 Å². The number of tetrazole rings is 1. The van der Waals surface area contributed by atoms with Gasteiger partial charge in [-0.05, 0) is 87.5 Å². The van der Waals surface area contributed by atoms with Gasteiger partial charge in [0.1, 0.15) is 5.75 Å². The third kappa shape index (κ3) is 11.1. The van der Waals surface area contributed by atoms with E-state index in [0.717, 1.165) is 45.5 Å². The van der Waals surface area contributed by atoms with Gasteiger partial charge in [-0.15, -0.1) is 5.10 Å². The normalized spacial score (nSPS) is 16.4. The molecule has 0 aliphatic carbocycles. The molecular weight excluding hydrogens is 767 g/mol. The minimum absolute atomic E-state index is 0.0339. The highest BCUT2D eigenvalue weighted by molar-refractivity contribution is 7.99. The number of carbonyl (C=O) groups excluding carboxylic acids is 2. The summed E-state index contributed by atoms with van der Waals surface area (Å²) in [4.78, 5) is 25.1. The van der Waals surface area contributed by atoms with Crippen LogP contribution in [0.4, 0.5) is 11.4 Å². The number of thioether (sulfide) groups is 1. The molecule has 59 heavy (non-hydrogen) atoms. The molecule has 14 heteroatoms. The van der Waals surface area contributed by atoms with E-state index in [4.69, 9.17) is 15.2 Å². The number of nitrogens with one attached hydrogen (secondary N) is 2. The van der Waals surface area contributed by atoms with Gasteiger partial charge in [-0.2, -0.15) is 4.68 Å². The average molecular weight is 814 g/mol. The van der Waals surface area contributed by atoms with Crippen molar-refractivity contribution in [2.45, 2.75) is 75.3 Å². The lowest BCUT2D eigenvalue weighted by Gasteiger charge is -2.36. The van der Waals surface area contributed by atoms with E-state index >= 15 is 0 Å². The number of para-hydroxylation sites is 2. The number of aliphatic hydroxyl groups excluding tert-OH is 1. The number of anilines is 2. The Hall–Kier alpha value is -6.06. The van der Waals surface area contributed by atoms with Gasteiger partial charge in [-0.1, -0.05) is 103 Å². The Morgan fingerprint density at radius 1 is 0.814 bits per heavy atom. The maximum Gasteiger partial charge on any atom is 0.224 e. The number of carbonyl (C=O) groups is 2. The first-order valence-corrected chi connectivity index (χ1v) is 20.6. The molecule has 2 heterocycles. The van der Waals surface area contributed by atoms with Crippen molar-refractivity contribution in [2.75, 3.05) is 16.8 Å². The molecule has 5 aromatic carbocycles. The summed E-state index contributed by atoms with van der Waals surface area (Å²) in [7, 11) is 0. The molecule has 1 saturated heterocycles. The number of nitrogens with two attached hydrogens (primary N) is 1. The second-order valence-corrected chi connectivity index (χ2v) is 15.3. The third-order valence-corrected chi connectivity index (χ3v) is 11.1. The summed E-state index contributed by atoms with van der Waals surface area (Å²) >= 11 is 1.48. The fourth-order valence-electron chi connectivity index (χ4n) is 6.84. The Kier molecular flexibility index (Phi) is 14.0. The molecule has 3 atom stereocenters. The number of aliphatic hydroxyl groups is 1. The summed E-state index contributed by atoms with van der Waals surface area (Å²) in [6.45, 7) is 0.350. The maximum absolute atomic E-state index is 12.8. The van der Waals surface area contributed by atoms with Gasteiger partial charge in [-0.25, -0.2) is 0 Å². The molecular formula is C45H47N7O6S. The average Bonchev–Trinajstić information content (AvgIpc) is 3.75. The van der Waals surface area contributed by atoms with Gasteiger partial charge in [0.2, 0.25) is 17.0 Å². The van der Waals surface area contributed by atoms with Crippen molar-refractivity contribution >= 4 is 35.0 Å². The number of amides is 2. The first-order valence-electron chi connectivity index (χ1n) is 19.6. The fourth-order valence-corrected chi connectivity index (χ4v) is 7.75. The van der Waals surface area contributed by atoms with E-state index in [1.54, 1.807) is 41.1 Å². The van der Waals surface area contributed by atoms with Crippen LogP contribution < -0.4 is 16.4 Å². The molecule has 1 fully saturated rings. The molecule has 304 valence electrons. The van der Waals surface area contributed by atoms with E-state index in [0.29, 0.717) is 60.9 Å². The molecule has 0 spiro atoms. The summed E-state index contributed by atoms with van der Waals surface area (Å²) in [5, 5.41) is 38.1. The summed E-state index contributed by atoms with van der Waals surface area (Å²) < 4.78 is 14.8. The molecule has 1 aliphatic rings. The highest BCUT2D eigenvalue weighted by atomic mass is 32.2. The number of hydrogen-bond acceptors (Lipinski definition) is 11. The van der Waals surface area contributed by atoms with E-state index in [9.17, 15) is 19.8 Å². The lowest BCUT2D eigenvalue weighted by molar-refractivity contribution is -0.245. The van der Waals surface area contributed by atoms with Crippen LogP contribution in [0.15, 0.2) is 126 Å². The third-order valence-electron chi connectivity index (χ3n) is 10.1. The quantitative estimate of drug-likeness (QED) is 0.0346. The van der Waals surface area contributed by atoms with Crippen molar-refractivity contribution in [2.24, 2.45) is 0 Å². The van der Waals surface area contributed by atoms with Crippen LogP contribution in [0.2, 0.25) is 0 Å². The Bertz CT molecular complexity index is 2300. The summed E-state index contributed by atoms with van der Waals surface area (Å²) in [6.07, 6.45) is 2.36. The molecule has 0 radical (unpaired) electrons. The van der Waals surface area contributed by atoms with Crippen molar-refractivity contribution in [3.63, 3.8) is 0 Å². The molecule has 0 bridgehead atoms. The van der Waals surface area contributed by atoms with Gasteiger partial charge in [0.25, 0.3) is 0 Å². The predicted octanol–water partition coefficient (Wildman–Crippen LogP) is 7.65. The van der Waals surface area contributed by atoms with Crippen LogP contribution in [0, 0.1) is 0 Å².